The molecule has 2 saturated heterocycles. The Morgan fingerprint density at radius 2 is 1.95 bits per heavy atom. The fraction of sp³-hybridized carbons (Fsp3) is 0.529. The Labute approximate surface area is 129 Å². The first-order valence-electron chi connectivity index (χ1n) is 8.09. The third-order valence-corrected chi connectivity index (χ3v) is 5.21. The maximum absolute atomic E-state index is 12.8. The predicted octanol–water partition coefficient (Wildman–Crippen LogP) is 1.80. The van der Waals surface area contributed by atoms with Gasteiger partial charge in [-0.3, -0.25) is 9.48 Å². The molecule has 5 nitrogen and oxygen atoms in total. The van der Waals surface area contributed by atoms with Crippen LogP contribution in [0.15, 0.2) is 30.5 Å². The maximum Gasteiger partial charge on any atom is 0.244 e. The summed E-state index contributed by atoms with van der Waals surface area (Å²) in [5, 5.41) is 14.8. The van der Waals surface area contributed by atoms with Gasteiger partial charge in [0.05, 0.1) is 11.7 Å². The van der Waals surface area contributed by atoms with Crippen LogP contribution in [0.25, 0.3) is 10.9 Å². The minimum absolute atomic E-state index is 0.165. The van der Waals surface area contributed by atoms with Gasteiger partial charge in [0, 0.05) is 24.1 Å². The zero-order valence-corrected chi connectivity index (χ0v) is 12.6. The van der Waals surface area contributed by atoms with Crippen LogP contribution in [0.3, 0.4) is 0 Å². The topological polar surface area (TPSA) is 58.4 Å². The second-order valence-electron chi connectivity index (χ2n) is 6.57. The van der Waals surface area contributed by atoms with E-state index in [2.05, 4.69) is 10.00 Å². The molecule has 1 aromatic carbocycles. The van der Waals surface area contributed by atoms with Gasteiger partial charge in [0.25, 0.3) is 0 Å². The molecule has 22 heavy (non-hydrogen) atoms. The van der Waals surface area contributed by atoms with Gasteiger partial charge in [-0.1, -0.05) is 18.2 Å². The number of carbonyl (C=O) groups is 1. The van der Waals surface area contributed by atoms with Crippen molar-refractivity contribution in [3.63, 3.8) is 0 Å². The second kappa shape index (κ2) is 5.39. The lowest BCUT2D eigenvalue weighted by molar-refractivity contribution is -0.137. The lowest BCUT2D eigenvalue weighted by atomic mass is 9.91. The number of hydrogen-bond donors (Lipinski definition) is 1. The summed E-state index contributed by atoms with van der Waals surface area (Å²) in [5.74, 6) is 0.532. The Bertz CT molecular complexity index is 682. The van der Waals surface area contributed by atoms with Gasteiger partial charge in [-0.15, -0.1) is 0 Å². The Kier molecular flexibility index (Phi) is 3.37. The molecule has 1 amide bonds. The Morgan fingerprint density at radius 1 is 1.23 bits per heavy atom. The average molecular weight is 299 g/mol. The van der Waals surface area contributed by atoms with Gasteiger partial charge < -0.3 is 10.0 Å². The molecule has 2 aliphatic heterocycles. The van der Waals surface area contributed by atoms with E-state index in [4.69, 9.17) is 0 Å². The van der Waals surface area contributed by atoms with Crippen LogP contribution in [0.2, 0.25) is 0 Å². The number of carbonyl (C=O) groups excluding carboxylic acids is 1. The van der Waals surface area contributed by atoms with E-state index in [1.165, 1.54) is 0 Å². The van der Waals surface area contributed by atoms with Gasteiger partial charge in [-0.05, 0) is 37.7 Å². The number of aliphatic hydroxyl groups excluding tert-OH is 1. The van der Waals surface area contributed by atoms with Gasteiger partial charge in [0.2, 0.25) is 5.91 Å². The summed E-state index contributed by atoms with van der Waals surface area (Å²) >= 11 is 0. The molecule has 4 rings (SSSR count). The molecule has 2 bridgehead atoms. The van der Waals surface area contributed by atoms with Gasteiger partial charge in [-0.2, -0.15) is 5.10 Å². The summed E-state index contributed by atoms with van der Waals surface area (Å²) in [7, 11) is 0. The van der Waals surface area contributed by atoms with E-state index >= 15 is 0 Å². The number of rotatable bonds is 3. The largest absolute Gasteiger partial charge is 0.396 e. The Balaban J connectivity index is 1.53. The smallest absolute Gasteiger partial charge is 0.244 e. The van der Waals surface area contributed by atoms with Crippen molar-refractivity contribution in [3.05, 3.63) is 30.5 Å². The van der Waals surface area contributed by atoms with Gasteiger partial charge >= 0.3 is 0 Å². The number of benzene rings is 1. The molecule has 2 aliphatic rings. The molecule has 1 unspecified atom stereocenters. The third kappa shape index (κ3) is 2.20. The highest BCUT2D eigenvalue weighted by molar-refractivity contribution is 5.82. The van der Waals surface area contributed by atoms with Crippen LogP contribution in [0.1, 0.15) is 25.7 Å². The highest BCUT2D eigenvalue weighted by Crippen LogP contribution is 2.38. The molecule has 5 heteroatoms. The molecule has 3 atom stereocenters. The maximum atomic E-state index is 12.8. The molecule has 0 radical (unpaired) electrons. The summed E-state index contributed by atoms with van der Waals surface area (Å²) in [4.78, 5) is 14.8. The molecule has 1 aromatic heterocycles. The summed E-state index contributed by atoms with van der Waals surface area (Å²) < 4.78 is 1.80. The first kappa shape index (κ1) is 13.8. The number of para-hydroxylation sites is 1. The van der Waals surface area contributed by atoms with Crippen LogP contribution in [-0.4, -0.2) is 44.4 Å². The van der Waals surface area contributed by atoms with Crippen molar-refractivity contribution < 1.29 is 9.90 Å². The molecule has 3 heterocycles. The standard InChI is InChI=1S/C17H21N3O2/c21-11-12-7-14-5-6-15(8-12)20(14)17(22)10-19-16-4-2-1-3-13(16)9-18-19/h1-4,9,12,14-15,21H,5-8,10-11H2/t12?,14-,15+. The number of nitrogens with zero attached hydrogens (tertiary/aromatic N) is 3. The Morgan fingerprint density at radius 3 is 2.68 bits per heavy atom. The highest BCUT2D eigenvalue weighted by atomic mass is 16.3. The average Bonchev–Trinajstić information content (AvgIpc) is 3.06. The molecular formula is C17H21N3O2. The van der Waals surface area contributed by atoms with Crippen LogP contribution in [-0.2, 0) is 11.3 Å². The van der Waals surface area contributed by atoms with E-state index < -0.39 is 0 Å². The van der Waals surface area contributed by atoms with E-state index in [0.717, 1.165) is 36.6 Å². The van der Waals surface area contributed by atoms with Crippen molar-refractivity contribution in [1.29, 1.82) is 0 Å². The van der Waals surface area contributed by atoms with Crippen molar-refractivity contribution >= 4 is 16.8 Å². The minimum Gasteiger partial charge on any atom is -0.396 e. The van der Waals surface area contributed by atoms with Gasteiger partial charge in [-0.25, -0.2) is 0 Å². The van der Waals surface area contributed by atoms with E-state index in [9.17, 15) is 9.90 Å². The normalized spacial score (nSPS) is 27.5. The van der Waals surface area contributed by atoms with Crippen molar-refractivity contribution in [3.8, 4) is 0 Å². The molecule has 1 N–H and O–H groups in total. The second-order valence-corrected chi connectivity index (χ2v) is 6.57. The molecule has 0 saturated carbocycles. The lowest BCUT2D eigenvalue weighted by Gasteiger charge is -2.38. The molecule has 0 aliphatic carbocycles. The fourth-order valence-corrected chi connectivity index (χ4v) is 4.21. The molecular weight excluding hydrogens is 278 g/mol. The van der Waals surface area contributed by atoms with Crippen molar-refractivity contribution in [2.75, 3.05) is 6.61 Å². The first-order chi connectivity index (χ1) is 10.8. The Hall–Kier alpha value is -1.88. The number of fused-ring (bicyclic) bond motifs is 3. The van der Waals surface area contributed by atoms with Gasteiger partial charge in [0.15, 0.2) is 0 Å². The number of aliphatic hydroxyl groups is 1. The number of amides is 1. The van der Waals surface area contributed by atoms with Crippen molar-refractivity contribution in [2.24, 2.45) is 5.92 Å². The van der Waals surface area contributed by atoms with Crippen LogP contribution in [0.5, 0.6) is 0 Å². The zero-order chi connectivity index (χ0) is 15.1. The minimum atomic E-state index is 0.165. The first-order valence-corrected chi connectivity index (χ1v) is 8.09. The van der Waals surface area contributed by atoms with Crippen molar-refractivity contribution in [1.82, 2.24) is 14.7 Å². The number of aromatic nitrogens is 2. The lowest BCUT2D eigenvalue weighted by Crippen LogP contribution is -2.48. The van der Waals surface area contributed by atoms with Crippen molar-refractivity contribution in [2.45, 2.75) is 44.3 Å². The number of hydrogen-bond acceptors (Lipinski definition) is 3. The molecule has 2 fully saturated rings. The van der Waals surface area contributed by atoms with Crippen LogP contribution < -0.4 is 0 Å². The summed E-state index contributed by atoms with van der Waals surface area (Å²) in [6.45, 7) is 0.559. The number of piperidine rings is 1. The molecule has 116 valence electrons. The monoisotopic (exact) mass is 299 g/mol. The van der Waals surface area contributed by atoms with Crippen LogP contribution >= 0.6 is 0 Å². The van der Waals surface area contributed by atoms with Crippen LogP contribution in [0, 0.1) is 5.92 Å². The quantitative estimate of drug-likeness (QED) is 0.940. The summed E-state index contributed by atoms with van der Waals surface area (Å²) in [6.07, 6.45) is 5.85. The van der Waals surface area contributed by atoms with Crippen LogP contribution in [0.4, 0.5) is 0 Å². The van der Waals surface area contributed by atoms with E-state index in [-0.39, 0.29) is 12.5 Å². The highest BCUT2D eigenvalue weighted by Gasteiger charge is 2.42. The SMILES string of the molecule is O=C(Cn1ncc2ccccc21)N1[C@@H]2CC[C@H]1CC(CO)C2. The molecule has 2 aromatic rings. The van der Waals surface area contributed by atoms with E-state index in [0.29, 0.717) is 24.5 Å². The van der Waals surface area contributed by atoms with E-state index in [1.807, 2.05) is 30.5 Å². The molecule has 0 spiro atoms. The summed E-state index contributed by atoms with van der Waals surface area (Å²) in [6, 6.07) is 8.59. The zero-order valence-electron chi connectivity index (χ0n) is 12.6. The van der Waals surface area contributed by atoms with Gasteiger partial charge in [0.1, 0.15) is 6.54 Å². The summed E-state index contributed by atoms with van der Waals surface area (Å²) in [5.41, 5.74) is 1.01. The third-order valence-electron chi connectivity index (χ3n) is 5.21. The fourth-order valence-electron chi connectivity index (χ4n) is 4.21. The predicted molar refractivity (Wildman–Crippen MR) is 83.2 cm³/mol. The van der Waals surface area contributed by atoms with E-state index in [1.54, 1.807) is 4.68 Å².